The minimum atomic E-state index is 1.14. The molecule has 3 aromatic carbocycles. The van der Waals surface area contributed by atoms with E-state index in [0.717, 1.165) is 34.1 Å². The van der Waals surface area contributed by atoms with Gasteiger partial charge in [0.2, 0.25) is 0 Å². The summed E-state index contributed by atoms with van der Waals surface area (Å²) in [7, 11) is 0. The van der Waals surface area contributed by atoms with Gasteiger partial charge >= 0.3 is 0 Å². The van der Waals surface area contributed by atoms with E-state index in [2.05, 4.69) is 75.4 Å². The molecule has 0 fully saturated rings. The van der Waals surface area contributed by atoms with Crippen LogP contribution in [0.1, 0.15) is 0 Å². The number of nitrogens with zero attached hydrogens (tertiary/aromatic N) is 1. The van der Waals surface area contributed by atoms with Gasteiger partial charge in [-0.2, -0.15) is 0 Å². The zero-order valence-corrected chi connectivity index (χ0v) is 11.6. The fourth-order valence-electron chi connectivity index (χ4n) is 3.73. The van der Waals surface area contributed by atoms with E-state index in [-0.39, 0.29) is 0 Å². The van der Waals surface area contributed by atoms with Crippen molar-refractivity contribution in [3.05, 3.63) is 54.6 Å². The fourth-order valence-corrected chi connectivity index (χ4v) is 3.73. The molecule has 3 aliphatic rings. The van der Waals surface area contributed by atoms with Gasteiger partial charge in [-0.25, -0.2) is 0 Å². The quantitative estimate of drug-likeness (QED) is 0.352. The SMILES string of the molecule is c1cc2c3c(c1)Nc1cccc4c1N3c1c(cccc1N4)N2. The molecule has 0 aromatic heterocycles. The van der Waals surface area contributed by atoms with Gasteiger partial charge in [-0.05, 0) is 36.4 Å². The maximum atomic E-state index is 3.56. The second-order valence-corrected chi connectivity index (χ2v) is 5.82. The normalized spacial score (nSPS) is 14.5. The van der Waals surface area contributed by atoms with Crippen LogP contribution in [-0.2, 0) is 0 Å². The number of rotatable bonds is 0. The van der Waals surface area contributed by atoms with Crippen molar-refractivity contribution >= 4 is 51.2 Å². The molecular weight excluding hydrogens is 272 g/mol. The lowest BCUT2D eigenvalue weighted by atomic mass is 9.99. The zero-order valence-electron chi connectivity index (χ0n) is 11.6. The second-order valence-electron chi connectivity index (χ2n) is 5.82. The van der Waals surface area contributed by atoms with Gasteiger partial charge < -0.3 is 16.0 Å². The van der Waals surface area contributed by atoms with Gasteiger partial charge in [0.25, 0.3) is 0 Å². The van der Waals surface area contributed by atoms with Crippen LogP contribution in [0.5, 0.6) is 0 Å². The molecular formula is C18H12N4. The van der Waals surface area contributed by atoms with E-state index in [1.54, 1.807) is 0 Å². The Morgan fingerprint density at radius 3 is 1.00 bits per heavy atom. The molecule has 22 heavy (non-hydrogen) atoms. The van der Waals surface area contributed by atoms with Crippen LogP contribution >= 0.6 is 0 Å². The van der Waals surface area contributed by atoms with E-state index < -0.39 is 0 Å². The smallest absolute Gasteiger partial charge is 0.0937 e. The van der Waals surface area contributed by atoms with Crippen molar-refractivity contribution in [3.63, 3.8) is 0 Å². The highest BCUT2D eigenvalue weighted by Gasteiger charge is 2.37. The van der Waals surface area contributed by atoms with E-state index in [1.807, 2.05) is 0 Å². The molecule has 0 atom stereocenters. The maximum Gasteiger partial charge on any atom is 0.0937 e. The molecule has 0 saturated carbocycles. The molecule has 0 aliphatic carbocycles. The molecule has 3 aromatic rings. The molecule has 0 unspecified atom stereocenters. The monoisotopic (exact) mass is 284 g/mol. The summed E-state index contributed by atoms with van der Waals surface area (Å²) in [5.74, 6) is 0. The third-order valence-electron chi connectivity index (χ3n) is 4.59. The van der Waals surface area contributed by atoms with Crippen molar-refractivity contribution in [2.24, 2.45) is 0 Å². The number of anilines is 9. The number of para-hydroxylation sites is 3. The summed E-state index contributed by atoms with van der Waals surface area (Å²) in [6.07, 6.45) is 0. The number of hydrogen-bond donors (Lipinski definition) is 3. The predicted octanol–water partition coefficient (Wildman–Crippen LogP) is 5.33. The van der Waals surface area contributed by atoms with E-state index in [0.29, 0.717) is 0 Å². The first-order valence-corrected chi connectivity index (χ1v) is 7.40. The Morgan fingerprint density at radius 2 is 0.727 bits per heavy atom. The summed E-state index contributed by atoms with van der Waals surface area (Å²) in [6, 6.07) is 19.0. The first kappa shape index (κ1) is 10.6. The van der Waals surface area contributed by atoms with Crippen LogP contribution in [0.2, 0.25) is 0 Å². The fraction of sp³-hybridized carbons (Fsp3) is 0. The van der Waals surface area contributed by atoms with Crippen LogP contribution in [0.4, 0.5) is 51.2 Å². The van der Waals surface area contributed by atoms with Crippen LogP contribution in [0.25, 0.3) is 0 Å². The summed E-state index contributed by atoms with van der Waals surface area (Å²) in [4.78, 5) is 2.38. The van der Waals surface area contributed by atoms with Crippen molar-refractivity contribution in [1.29, 1.82) is 0 Å². The summed E-state index contributed by atoms with van der Waals surface area (Å²) >= 11 is 0. The van der Waals surface area contributed by atoms with Gasteiger partial charge in [0.1, 0.15) is 0 Å². The molecule has 4 nitrogen and oxygen atoms in total. The summed E-state index contributed by atoms with van der Waals surface area (Å²) in [6.45, 7) is 0. The molecule has 6 rings (SSSR count). The Bertz CT molecular complexity index is 789. The Balaban J connectivity index is 1.80. The molecule has 3 N–H and O–H groups in total. The maximum absolute atomic E-state index is 3.56. The minimum Gasteiger partial charge on any atom is -0.352 e. The average Bonchev–Trinajstić information content (AvgIpc) is 2.55. The molecule has 4 heteroatoms. The average molecular weight is 284 g/mol. The highest BCUT2D eigenvalue weighted by Crippen LogP contribution is 2.62. The molecule has 0 saturated heterocycles. The minimum absolute atomic E-state index is 1.14. The molecule has 0 amide bonds. The van der Waals surface area contributed by atoms with Crippen LogP contribution < -0.4 is 20.9 Å². The van der Waals surface area contributed by atoms with Crippen LogP contribution in [0, 0.1) is 0 Å². The predicted molar refractivity (Wildman–Crippen MR) is 91.0 cm³/mol. The van der Waals surface area contributed by atoms with Gasteiger partial charge in [-0.15, -0.1) is 0 Å². The third kappa shape index (κ3) is 1.07. The molecule has 3 heterocycles. The van der Waals surface area contributed by atoms with E-state index in [4.69, 9.17) is 0 Å². The highest BCUT2D eigenvalue weighted by atomic mass is 15.3. The van der Waals surface area contributed by atoms with Gasteiger partial charge in [-0.3, -0.25) is 4.90 Å². The number of benzene rings is 3. The molecule has 104 valence electrons. The molecule has 0 bridgehead atoms. The van der Waals surface area contributed by atoms with Crippen molar-refractivity contribution in [3.8, 4) is 0 Å². The lowest BCUT2D eigenvalue weighted by Gasteiger charge is -2.44. The Morgan fingerprint density at radius 1 is 0.455 bits per heavy atom. The lowest BCUT2D eigenvalue weighted by Crippen LogP contribution is -2.27. The van der Waals surface area contributed by atoms with Gasteiger partial charge in [0.15, 0.2) is 0 Å². The van der Waals surface area contributed by atoms with E-state index >= 15 is 0 Å². The molecule has 0 spiro atoms. The lowest BCUT2D eigenvalue weighted by molar-refractivity contribution is 1.20. The molecule has 3 aliphatic heterocycles. The van der Waals surface area contributed by atoms with E-state index in [9.17, 15) is 0 Å². The number of hydrogen-bond acceptors (Lipinski definition) is 4. The van der Waals surface area contributed by atoms with Crippen molar-refractivity contribution in [2.75, 3.05) is 20.9 Å². The first-order chi connectivity index (χ1) is 10.9. The van der Waals surface area contributed by atoms with Crippen molar-refractivity contribution in [2.45, 2.75) is 0 Å². The largest absolute Gasteiger partial charge is 0.352 e. The van der Waals surface area contributed by atoms with Crippen molar-refractivity contribution in [1.82, 2.24) is 0 Å². The third-order valence-corrected chi connectivity index (χ3v) is 4.59. The topological polar surface area (TPSA) is 39.3 Å². The van der Waals surface area contributed by atoms with Crippen LogP contribution in [-0.4, -0.2) is 0 Å². The van der Waals surface area contributed by atoms with Gasteiger partial charge in [-0.1, -0.05) is 18.2 Å². The Labute approximate surface area is 127 Å². The van der Waals surface area contributed by atoms with Crippen LogP contribution in [0.3, 0.4) is 0 Å². The first-order valence-electron chi connectivity index (χ1n) is 7.40. The molecule has 0 radical (unpaired) electrons. The van der Waals surface area contributed by atoms with Crippen LogP contribution in [0.15, 0.2) is 54.6 Å². The second kappa shape index (κ2) is 3.36. The summed E-state index contributed by atoms with van der Waals surface area (Å²) < 4.78 is 0. The van der Waals surface area contributed by atoms with Gasteiger partial charge in [0, 0.05) is 0 Å². The van der Waals surface area contributed by atoms with Gasteiger partial charge in [0.05, 0.1) is 51.2 Å². The Kier molecular flexibility index (Phi) is 1.61. The van der Waals surface area contributed by atoms with Crippen molar-refractivity contribution < 1.29 is 0 Å². The standard InChI is InChI=1S/C18H12N4/c1-4-10-16-11(5-1)20-13-7-3-9-15-18(13)22(16)17-12(19-10)6-2-8-14(17)21-15/h1-9,19-21H. The summed E-state index contributed by atoms with van der Waals surface area (Å²) in [5.41, 5.74) is 10.4. The number of nitrogens with one attached hydrogen (secondary N) is 3. The van der Waals surface area contributed by atoms with E-state index in [1.165, 1.54) is 17.1 Å². The Hall–Kier alpha value is -3.14. The zero-order chi connectivity index (χ0) is 14.3. The summed E-state index contributed by atoms with van der Waals surface area (Å²) in [5, 5.41) is 10.7. The highest BCUT2D eigenvalue weighted by molar-refractivity contribution is 6.15.